The molecule has 0 radical (unpaired) electrons. The molecule has 12 nitrogen and oxygen atoms in total. The van der Waals surface area contributed by atoms with Gasteiger partial charge in [-0.25, -0.2) is 0 Å². The van der Waals surface area contributed by atoms with Gasteiger partial charge in [-0.2, -0.15) is 0 Å². The van der Waals surface area contributed by atoms with Gasteiger partial charge in [0.15, 0.2) is 14.9 Å². The number of H-pyrrole nitrogens is 1. The topological polar surface area (TPSA) is 143 Å². The quantitative estimate of drug-likeness (QED) is 0.0654. The van der Waals surface area contributed by atoms with Crippen molar-refractivity contribution >= 4 is 42.7 Å². The average Bonchev–Trinajstić information content (AvgIpc) is 3.29. The van der Waals surface area contributed by atoms with Gasteiger partial charge in [-0.15, -0.1) is 0 Å². The average molecular weight is 930 g/mol. The Morgan fingerprint density at radius 3 is 2.48 bits per heavy atom. The first-order valence-corrected chi connectivity index (χ1v) is 26.8. The first kappa shape index (κ1) is 48.5. The van der Waals surface area contributed by atoms with Gasteiger partial charge in [0, 0.05) is 56.3 Å². The van der Waals surface area contributed by atoms with Crippen LogP contribution in [-0.2, 0) is 37.1 Å². The number of carbonyl (C=O) groups excluding carboxylic acids is 2. The standard InChI is InChI=1S/C51H69ClN4O8Si/c1-50(2,3)65(6,7)64-44(38-16-18-41(57)48-39(38)17-19-46(58)54-48)31-53-30-36-28-40(52)43(29-42(36)61-5)62-33-47(59)55(4)24-12-14-34-13-11-15-37(27-34)51(22-9-8-10-23-51)49(60)63-45-32-56-25-20-35(45)21-26-56/h11,13,15-19,27-29,35,44-45,53,57H,8-10,12,14,20-26,30-33H2,1-7H3,(H,54,58)/t44-,45?/m0/s1. The molecule has 65 heavy (non-hydrogen) atoms. The highest BCUT2D eigenvalue weighted by molar-refractivity contribution is 6.74. The van der Waals surface area contributed by atoms with Gasteiger partial charge in [-0.3, -0.25) is 19.3 Å². The van der Waals surface area contributed by atoms with Gasteiger partial charge < -0.3 is 38.9 Å². The lowest BCUT2D eigenvalue weighted by Crippen LogP contribution is -2.53. The van der Waals surface area contributed by atoms with Crippen LogP contribution in [0.5, 0.6) is 17.2 Å². The highest BCUT2D eigenvalue weighted by atomic mass is 35.5. The molecule has 1 aliphatic carbocycles. The van der Waals surface area contributed by atoms with Crippen molar-refractivity contribution in [3.05, 3.63) is 98.3 Å². The Hall–Kier alpha value is -4.40. The normalized spacial score (nSPS) is 20.0. The molecule has 8 rings (SSSR count). The van der Waals surface area contributed by atoms with Crippen LogP contribution in [0.15, 0.2) is 65.5 Å². The Balaban J connectivity index is 0.935. The molecule has 4 fully saturated rings. The van der Waals surface area contributed by atoms with Gasteiger partial charge >= 0.3 is 5.97 Å². The summed E-state index contributed by atoms with van der Waals surface area (Å²) in [5.74, 6) is 1.16. The maximum atomic E-state index is 14.1. The molecule has 2 bridgehead atoms. The van der Waals surface area contributed by atoms with Gasteiger partial charge in [0.25, 0.3) is 5.91 Å². The van der Waals surface area contributed by atoms with Gasteiger partial charge in [0.2, 0.25) is 5.56 Å². The summed E-state index contributed by atoms with van der Waals surface area (Å²) < 4.78 is 25.1. The molecule has 3 aliphatic heterocycles. The number of ether oxygens (including phenoxy) is 3. The Labute approximate surface area is 390 Å². The number of likely N-dealkylation sites (N-methyl/N-ethyl adjacent to an activating group) is 1. The number of nitrogens with one attached hydrogen (secondary N) is 2. The number of piperidine rings is 3. The summed E-state index contributed by atoms with van der Waals surface area (Å²) >= 11 is 6.77. The van der Waals surface area contributed by atoms with Crippen LogP contribution in [0.3, 0.4) is 0 Å². The SMILES string of the molecule is COc1cc(OCC(=O)N(C)CCCc2cccc(C3(C(=O)OC4CN5CCC4CC5)CCCCC3)c2)c(Cl)cc1CNC[C@H](O[Si](C)(C)C(C)(C)C)c1ccc(O)c2[nH]c(=O)ccc12. The number of rotatable bonds is 18. The van der Waals surface area contributed by atoms with Crippen molar-refractivity contribution in [1.82, 2.24) is 20.1 Å². The van der Waals surface area contributed by atoms with Crippen LogP contribution in [0.4, 0.5) is 0 Å². The molecule has 1 saturated carbocycles. The summed E-state index contributed by atoms with van der Waals surface area (Å²) in [6.07, 6.45) is 8.18. The van der Waals surface area contributed by atoms with E-state index in [2.05, 4.69) is 73.3 Å². The van der Waals surface area contributed by atoms with Crippen molar-refractivity contribution in [2.45, 2.75) is 121 Å². The van der Waals surface area contributed by atoms with Crippen LogP contribution in [0.1, 0.15) is 100 Å². The second-order valence-corrected chi connectivity index (χ2v) is 25.2. The monoisotopic (exact) mass is 928 g/mol. The number of hydrogen-bond donors (Lipinski definition) is 3. The third kappa shape index (κ3) is 11.2. The van der Waals surface area contributed by atoms with E-state index in [-0.39, 0.29) is 40.9 Å². The largest absolute Gasteiger partial charge is 0.506 e. The van der Waals surface area contributed by atoms with E-state index >= 15 is 0 Å². The zero-order valence-electron chi connectivity index (χ0n) is 39.4. The Bertz CT molecular complexity index is 2370. The molecular formula is C51H69ClN4O8Si. The number of nitrogens with zero attached hydrogens (tertiary/aromatic N) is 2. The number of pyridine rings is 1. The van der Waals surface area contributed by atoms with Gasteiger partial charge in [0.05, 0.1) is 29.2 Å². The summed E-state index contributed by atoms with van der Waals surface area (Å²) in [4.78, 5) is 46.4. The van der Waals surface area contributed by atoms with Crippen LogP contribution in [0.2, 0.25) is 23.2 Å². The van der Waals surface area contributed by atoms with Crippen LogP contribution < -0.4 is 20.3 Å². The fourth-order valence-electron chi connectivity index (χ4n) is 9.62. The molecule has 1 amide bonds. The summed E-state index contributed by atoms with van der Waals surface area (Å²) in [6.45, 7) is 15.2. The zero-order valence-corrected chi connectivity index (χ0v) is 41.2. The predicted molar refractivity (Wildman–Crippen MR) is 259 cm³/mol. The molecule has 4 heterocycles. The van der Waals surface area contributed by atoms with Crippen LogP contribution >= 0.6 is 11.6 Å². The maximum absolute atomic E-state index is 14.1. The number of halogens is 1. The second kappa shape index (κ2) is 20.6. The van der Waals surface area contributed by atoms with E-state index in [9.17, 15) is 19.5 Å². The molecular weight excluding hydrogens is 860 g/mol. The first-order chi connectivity index (χ1) is 31.0. The highest BCUT2D eigenvalue weighted by Gasteiger charge is 2.46. The highest BCUT2D eigenvalue weighted by Crippen LogP contribution is 2.44. The smallest absolute Gasteiger partial charge is 0.316 e. The van der Waals surface area contributed by atoms with Crippen LogP contribution in [0, 0.1) is 5.92 Å². The molecule has 352 valence electrons. The van der Waals surface area contributed by atoms with Crippen LogP contribution in [0.25, 0.3) is 10.9 Å². The van der Waals surface area contributed by atoms with E-state index in [0.29, 0.717) is 53.0 Å². The molecule has 4 aromatic rings. The lowest BCUT2D eigenvalue weighted by atomic mass is 9.69. The molecule has 3 N–H and O–H groups in total. The van der Waals surface area contributed by atoms with Gasteiger partial charge in [-0.1, -0.05) is 82.0 Å². The van der Waals surface area contributed by atoms with E-state index in [1.54, 1.807) is 43.3 Å². The molecule has 1 unspecified atom stereocenters. The lowest BCUT2D eigenvalue weighted by molar-refractivity contribution is -0.167. The van der Waals surface area contributed by atoms with E-state index in [1.165, 1.54) is 6.07 Å². The van der Waals surface area contributed by atoms with Crippen molar-refractivity contribution in [2.24, 2.45) is 5.92 Å². The molecule has 14 heteroatoms. The molecule has 3 aromatic carbocycles. The number of phenolic OH excluding ortho intramolecular Hbond substituents is 1. The fourth-order valence-corrected chi connectivity index (χ4v) is 11.1. The molecule has 2 atom stereocenters. The Morgan fingerprint density at radius 1 is 1.03 bits per heavy atom. The van der Waals surface area contributed by atoms with Crippen LogP contribution in [-0.4, -0.2) is 99.7 Å². The number of aromatic hydroxyl groups is 1. The molecule has 3 saturated heterocycles. The Morgan fingerprint density at radius 2 is 1.78 bits per heavy atom. The minimum Gasteiger partial charge on any atom is -0.506 e. The number of hydrogen-bond acceptors (Lipinski definition) is 10. The molecule has 4 aliphatic rings. The number of amides is 1. The third-order valence-corrected chi connectivity index (χ3v) is 19.4. The number of carbonyl (C=O) groups is 2. The molecule has 1 aromatic heterocycles. The first-order valence-electron chi connectivity index (χ1n) is 23.5. The summed E-state index contributed by atoms with van der Waals surface area (Å²) in [5, 5.41) is 15.1. The lowest BCUT2D eigenvalue weighted by Gasteiger charge is -2.45. The number of aromatic amines is 1. The number of methoxy groups -OCH3 is 1. The van der Waals surface area contributed by atoms with Crippen molar-refractivity contribution in [3.8, 4) is 17.2 Å². The predicted octanol–water partition coefficient (Wildman–Crippen LogP) is 9.06. The summed E-state index contributed by atoms with van der Waals surface area (Å²) in [6, 6.07) is 18.6. The van der Waals surface area contributed by atoms with E-state index < -0.39 is 19.8 Å². The minimum atomic E-state index is -2.28. The number of aryl methyl sites for hydroxylation is 1. The van der Waals surface area contributed by atoms with Crippen molar-refractivity contribution in [3.63, 3.8) is 0 Å². The van der Waals surface area contributed by atoms with Gasteiger partial charge in [0.1, 0.15) is 23.4 Å². The van der Waals surface area contributed by atoms with Crippen molar-refractivity contribution < 1.29 is 33.3 Å². The summed E-state index contributed by atoms with van der Waals surface area (Å²) in [5.41, 5.74) is 3.34. The fraction of sp³-hybridized carbons (Fsp3) is 0.549. The van der Waals surface area contributed by atoms with E-state index in [0.717, 1.165) is 99.7 Å². The zero-order chi connectivity index (χ0) is 46.5. The van der Waals surface area contributed by atoms with E-state index in [4.69, 9.17) is 30.2 Å². The number of aromatic nitrogens is 1. The molecule has 0 spiro atoms. The summed E-state index contributed by atoms with van der Waals surface area (Å²) in [7, 11) is 1.08. The number of phenols is 1. The third-order valence-electron chi connectivity index (χ3n) is 14.6. The van der Waals surface area contributed by atoms with Crippen molar-refractivity contribution in [2.75, 3.05) is 53.5 Å². The number of benzene rings is 3. The minimum absolute atomic E-state index is 0.00153. The Kier molecular flexibility index (Phi) is 15.4. The number of fused-ring (bicyclic) bond motifs is 4. The maximum Gasteiger partial charge on any atom is 0.316 e. The van der Waals surface area contributed by atoms with Gasteiger partial charge in [-0.05, 0) is 111 Å². The number of esters is 1. The van der Waals surface area contributed by atoms with Crippen molar-refractivity contribution in [1.29, 1.82) is 0 Å². The van der Waals surface area contributed by atoms with E-state index in [1.807, 2.05) is 6.07 Å². The second-order valence-electron chi connectivity index (χ2n) is 20.0.